The average Bonchev–Trinajstić information content (AvgIpc) is 3.28. The molecule has 1 aliphatic heterocycles. The van der Waals surface area contributed by atoms with Gasteiger partial charge in [0.2, 0.25) is 5.91 Å². The lowest BCUT2D eigenvalue weighted by molar-refractivity contribution is -0.113. The zero-order chi connectivity index (χ0) is 21.7. The topological polar surface area (TPSA) is 110 Å². The summed E-state index contributed by atoms with van der Waals surface area (Å²) in [7, 11) is 0. The van der Waals surface area contributed by atoms with Gasteiger partial charge in [-0.05, 0) is 51.1 Å². The van der Waals surface area contributed by atoms with Gasteiger partial charge in [0.25, 0.3) is 11.6 Å². The molecule has 2 amide bonds. The van der Waals surface area contributed by atoms with Gasteiger partial charge in [0, 0.05) is 16.1 Å². The summed E-state index contributed by atoms with van der Waals surface area (Å²) in [5, 5.41) is 10.3. The lowest BCUT2D eigenvalue weighted by Crippen LogP contribution is -2.19. The molecule has 0 saturated carbocycles. The SMILES string of the molecule is Cc1cc(-c2cc(C(=O)Nc3ccc4c(c3)NC(=O)CS4)c3c(C)noc3n2)c(C)o1. The maximum Gasteiger partial charge on any atom is 0.259 e. The van der Waals surface area contributed by atoms with E-state index in [2.05, 4.69) is 20.8 Å². The number of aryl methyl sites for hydroxylation is 3. The van der Waals surface area contributed by atoms with Crippen LogP contribution in [0.15, 0.2) is 44.2 Å². The van der Waals surface area contributed by atoms with Crippen molar-refractivity contribution in [3.05, 3.63) is 53.1 Å². The van der Waals surface area contributed by atoms with Crippen molar-refractivity contribution < 1.29 is 18.5 Å². The molecule has 0 fully saturated rings. The highest BCUT2D eigenvalue weighted by Crippen LogP contribution is 2.34. The van der Waals surface area contributed by atoms with E-state index in [-0.39, 0.29) is 17.5 Å². The Morgan fingerprint density at radius 3 is 2.81 bits per heavy atom. The molecule has 8 nitrogen and oxygen atoms in total. The summed E-state index contributed by atoms with van der Waals surface area (Å²) in [6.07, 6.45) is 0. The number of nitrogens with one attached hydrogen (secondary N) is 2. The average molecular weight is 434 g/mol. The van der Waals surface area contributed by atoms with E-state index in [1.54, 1.807) is 19.1 Å². The molecule has 5 rings (SSSR count). The van der Waals surface area contributed by atoms with E-state index in [1.165, 1.54) is 11.8 Å². The quantitative estimate of drug-likeness (QED) is 0.481. The number of carbonyl (C=O) groups is 2. The lowest BCUT2D eigenvalue weighted by Gasteiger charge is -2.17. The van der Waals surface area contributed by atoms with Gasteiger partial charge in [0.05, 0.1) is 33.8 Å². The molecule has 9 heteroatoms. The van der Waals surface area contributed by atoms with Crippen LogP contribution in [0.3, 0.4) is 0 Å². The van der Waals surface area contributed by atoms with Gasteiger partial charge in [0.1, 0.15) is 11.5 Å². The molecule has 2 N–H and O–H groups in total. The molecule has 0 radical (unpaired) electrons. The highest BCUT2D eigenvalue weighted by atomic mass is 32.2. The summed E-state index contributed by atoms with van der Waals surface area (Å²) in [5.41, 5.74) is 3.87. The molecule has 4 aromatic rings. The number of amides is 2. The van der Waals surface area contributed by atoms with E-state index in [4.69, 9.17) is 8.94 Å². The van der Waals surface area contributed by atoms with Gasteiger partial charge in [-0.3, -0.25) is 9.59 Å². The Bertz CT molecular complexity index is 1370. The Hall–Kier alpha value is -3.59. The summed E-state index contributed by atoms with van der Waals surface area (Å²) in [5.74, 6) is 1.45. The fraction of sp³-hybridized carbons (Fsp3) is 0.182. The first-order valence-corrected chi connectivity index (χ1v) is 10.6. The van der Waals surface area contributed by atoms with Crippen molar-refractivity contribution in [3.8, 4) is 11.3 Å². The number of hydrogen-bond acceptors (Lipinski definition) is 7. The van der Waals surface area contributed by atoms with Crippen molar-refractivity contribution >= 4 is 46.1 Å². The van der Waals surface area contributed by atoms with Crippen molar-refractivity contribution in [1.82, 2.24) is 10.1 Å². The van der Waals surface area contributed by atoms with Crippen molar-refractivity contribution in [2.75, 3.05) is 16.4 Å². The fourth-order valence-electron chi connectivity index (χ4n) is 3.66. The molecule has 31 heavy (non-hydrogen) atoms. The van der Waals surface area contributed by atoms with E-state index in [0.717, 1.165) is 16.2 Å². The van der Waals surface area contributed by atoms with Crippen LogP contribution in [0.1, 0.15) is 27.6 Å². The summed E-state index contributed by atoms with van der Waals surface area (Å²) in [6, 6.07) is 9.03. The maximum atomic E-state index is 13.3. The summed E-state index contributed by atoms with van der Waals surface area (Å²) in [4.78, 5) is 30.4. The Morgan fingerprint density at radius 1 is 1.19 bits per heavy atom. The Balaban J connectivity index is 1.55. The van der Waals surface area contributed by atoms with Crippen LogP contribution in [0.25, 0.3) is 22.4 Å². The number of fused-ring (bicyclic) bond motifs is 2. The molecule has 3 aromatic heterocycles. The van der Waals surface area contributed by atoms with Gasteiger partial charge in [-0.2, -0.15) is 0 Å². The second kappa shape index (κ2) is 7.28. The fourth-order valence-corrected chi connectivity index (χ4v) is 4.44. The van der Waals surface area contributed by atoms with E-state index in [1.807, 2.05) is 32.0 Å². The molecule has 1 aromatic carbocycles. The summed E-state index contributed by atoms with van der Waals surface area (Å²) >= 11 is 1.47. The number of hydrogen-bond donors (Lipinski definition) is 2. The minimum Gasteiger partial charge on any atom is -0.466 e. The molecule has 1 aliphatic rings. The number of thioether (sulfide) groups is 1. The van der Waals surface area contributed by atoms with Crippen LogP contribution < -0.4 is 10.6 Å². The molecule has 4 heterocycles. The third-order valence-corrected chi connectivity index (χ3v) is 6.12. The number of aromatic nitrogens is 2. The van der Waals surface area contributed by atoms with Crippen LogP contribution in [-0.2, 0) is 4.79 Å². The number of benzene rings is 1. The first-order valence-electron chi connectivity index (χ1n) is 9.61. The molecule has 0 bridgehead atoms. The zero-order valence-corrected chi connectivity index (χ0v) is 17.8. The molecule has 0 spiro atoms. The van der Waals surface area contributed by atoms with Crippen LogP contribution >= 0.6 is 11.8 Å². The first kappa shape index (κ1) is 19.4. The second-order valence-electron chi connectivity index (χ2n) is 7.33. The van der Waals surface area contributed by atoms with E-state index < -0.39 is 0 Å². The minimum absolute atomic E-state index is 0.0627. The molecule has 0 saturated heterocycles. The van der Waals surface area contributed by atoms with Crippen LogP contribution in [-0.4, -0.2) is 27.7 Å². The van der Waals surface area contributed by atoms with E-state index in [0.29, 0.717) is 45.2 Å². The number of carbonyl (C=O) groups excluding carboxylic acids is 2. The number of anilines is 2. The molecule has 0 unspecified atom stereocenters. The van der Waals surface area contributed by atoms with Gasteiger partial charge in [0.15, 0.2) is 0 Å². The number of rotatable bonds is 3. The van der Waals surface area contributed by atoms with Crippen molar-refractivity contribution in [3.63, 3.8) is 0 Å². The lowest BCUT2D eigenvalue weighted by atomic mass is 10.1. The third-order valence-electron chi connectivity index (χ3n) is 5.05. The predicted molar refractivity (Wildman–Crippen MR) is 117 cm³/mol. The highest BCUT2D eigenvalue weighted by Gasteiger charge is 2.22. The Kier molecular flexibility index (Phi) is 4.55. The van der Waals surface area contributed by atoms with Crippen LogP contribution in [0.5, 0.6) is 0 Å². The highest BCUT2D eigenvalue weighted by molar-refractivity contribution is 8.00. The molecular weight excluding hydrogens is 416 g/mol. The standard InChI is InChI=1S/C22H18N4O4S/c1-10-6-14(12(3)29-10)16-8-15(20-11(2)26-30-22(20)25-16)21(28)23-13-4-5-18-17(7-13)24-19(27)9-31-18/h4-8H,9H2,1-3H3,(H,23,28)(H,24,27). The summed E-state index contributed by atoms with van der Waals surface area (Å²) in [6.45, 7) is 5.47. The van der Waals surface area contributed by atoms with Gasteiger partial charge in [-0.1, -0.05) is 5.16 Å². The summed E-state index contributed by atoms with van der Waals surface area (Å²) < 4.78 is 11.0. The van der Waals surface area contributed by atoms with Crippen LogP contribution in [0.2, 0.25) is 0 Å². The zero-order valence-electron chi connectivity index (χ0n) is 17.0. The Labute approximate surface area is 181 Å². The minimum atomic E-state index is -0.326. The number of nitrogens with zero attached hydrogens (tertiary/aromatic N) is 2. The first-order chi connectivity index (χ1) is 14.9. The third kappa shape index (κ3) is 3.46. The molecule has 0 atom stereocenters. The smallest absolute Gasteiger partial charge is 0.259 e. The van der Waals surface area contributed by atoms with Gasteiger partial charge in [-0.15, -0.1) is 11.8 Å². The second-order valence-corrected chi connectivity index (χ2v) is 8.35. The van der Waals surface area contributed by atoms with Gasteiger partial charge < -0.3 is 19.6 Å². The van der Waals surface area contributed by atoms with Crippen LogP contribution in [0.4, 0.5) is 11.4 Å². The van der Waals surface area contributed by atoms with E-state index in [9.17, 15) is 9.59 Å². The number of pyridine rings is 1. The van der Waals surface area contributed by atoms with Crippen molar-refractivity contribution in [2.45, 2.75) is 25.7 Å². The van der Waals surface area contributed by atoms with Crippen molar-refractivity contribution in [1.29, 1.82) is 0 Å². The normalized spacial score (nSPS) is 13.2. The molecule has 0 aliphatic carbocycles. The maximum absolute atomic E-state index is 13.3. The molecule has 156 valence electrons. The monoisotopic (exact) mass is 434 g/mol. The van der Waals surface area contributed by atoms with E-state index >= 15 is 0 Å². The van der Waals surface area contributed by atoms with Gasteiger partial charge in [-0.25, -0.2) is 4.98 Å². The number of furan rings is 1. The van der Waals surface area contributed by atoms with Crippen LogP contribution in [0, 0.1) is 20.8 Å². The van der Waals surface area contributed by atoms with Gasteiger partial charge >= 0.3 is 0 Å². The molecular formula is C22H18N4O4S. The van der Waals surface area contributed by atoms with Crippen molar-refractivity contribution in [2.24, 2.45) is 0 Å². The Morgan fingerprint density at radius 2 is 2.03 bits per heavy atom. The largest absolute Gasteiger partial charge is 0.466 e. The predicted octanol–water partition coefficient (Wildman–Crippen LogP) is 4.70.